The van der Waals surface area contributed by atoms with Crippen LogP contribution in [-0.2, 0) is 0 Å². The molecule has 0 aliphatic heterocycles. The second kappa shape index (κ2) is 8.21. The molecule has 5 heteroatoms. The van der Waals surface area contributed by atoms with Gasteiger partial charge in [-0.2, -0.15) is 10.5 Å². The van der Waals surface area contributed by atoms with Crippen molar-refractivity contribution in [2.24, 2.45) is 0 Å². The maximum atomic E-state index is 9.85. The van der Waals surface area contributed by atoms with Crippen LogP contribution in [0.4, 0.5) is 0 Å². The van der Waals surface area contributed by atoms with Gasteiger partial charge >= 0.3 is 0 Å². The van der Waals surface area contributed by atoms with E-state index in [0.717, 1.165) is 87.5 Å². The van der Waals surface area contributed by atoms with Crippen molar-refractivity contribution >= 4 is 82.0 Å². The Morgan fingerprint density at radius 2 is 0.756 bits per heavy atom. The molecule has 0 N–H and O–H groups in total. The second-order valence-electron chi connectivity index (χ2n) is 11.6. The van der Waals surface area contributed by atoms with Gasteiger partial charge in [-0.3, -0.25) is 0 Å². The van der Waals surface area contributed by atoms with E-state index >= 15 is 0 Å². The molecular formula is C40H19N5. The van der Waals surface area contributed by atoms with Crippen LogP contribution >= 0.6 is 0 Å². The van der Waals surface area contributed by atoms with Crippen LogP contribution < -0.4 is 0 Å². The highest BCUT2D eigenvalue weighted by atomic mass is 15.0. The predicted molar refractivity (Wildman–Crippen MR) is 182 cm³/mol. The van der Waals surface area contributed by atoms with Crippen LogP contribution in [0.2, 0.25) is 0 Å². The molecule has 4 heterocycles. The number of nitrogens with zero attached hydrogens (tertiary/aromatic N) is 5. The molecule has 5 nitrogen and oxygen atoms in total. The van der Waals surface area contributed by atoms with E-state index < -0.39 is 0 Å². The van der Waals surface area contributed by atoms with Gasteiger partial charge in [0.2, 0.25) is 0 Å². The predicted octanol–water partition coefficient (Wildman–Crippen LogP) is 9.09. The fraction of sp³-hybridized carbons (Fsp3) is 0. The molecule has 0 aliphatic rings. The zero-order chi connectivity index (χ0) is 30.0. The van der Waals surface area contributed by atoms with Crippen molar-refractivity contribution in [1.82, 2.24) is 13.2 Å². The first kappa shape index (κ1) is 23.8. The molecule has 45 heavy (non-hydrogen) atoms. The van der Waals surface area contributed by atoms with Crippen molar-refractivity contribution in [3.05, 3.63) is 126 Å². The molecule has 204 valence electrons. The molecule has 0 aliphatic carbocycles. The highest BCUT2D eigenvalue weighted by Gasteiger charge is 2.21. The van der Waals surface area contributed by atoms with Crippen molar-refractivity contribution in [3.63, 3.8) is 0 Å². The number of hydrogen-bond donors (Lipinski definition) is 0. The maximum absolute atomic E-state index is 9.85. The van der Waals surface area contributed by atoms with E-state index in [-0.39, 0.29) is 0 Å². The summed E-state index contributed by atoms with van der Waals surface area (Å²) in [5.41, 5.74) is 11.5. The quantitative estimate of drug-likeness (QED) is 0.171. The number of benzene rings is 6. The Balaban J connectivity index is 1.69. The number of para-hydroxylation sites is 3. The summed E-state index contributed by atoms with van der Waals surface area (Å²) in [7, 11) is 0. The van der Waals surface area contributed by atoms with Gasteiger partial charge < -0.3 is 13.2 Å². The average Bonchev–Trinajstić information content (AvgIpc) is 3.73. The topological polar surface area (TPSA) is 60.8 Å². The highest BCUT2D eigenvalue weighted by molar-refractivity contribution is 6.22. The van der Waals surface area contributed by atoms with Crippen molar-refractivity contribution in [2.75, 3.05) is 0 Å². The van der Waals surface area contributed by atoms with Crippen molar-refractivity contribution in [3.8, 4) is 24.5 Å². The monoisotopic (exact) mass is 569 g/mol. The van der Waals surface area contributed by atoms with Crippen LogP contribution in [0.1, 0.15) is 16.7 Å². The Labute approximate surface area is 255 Å². The number of rotatable bonds is 0. The molecule has 0 unspecified atom stereocenters. The van der Waals surface area contributed by atoms with E-state index in [1.54, 1.807) is 0 Å². The van der Waals surface area contributed by atoms with Crippen LogP contribution in [0.15, 0.2) is 109 Å². The standard InChI is InChI=1S/C40H19N5/c1-2-23-12-15-32-29(18-23)26-6-3-9-35-38(26)43(32)36-10-4-7-27-30-19-25(22-42)14-17-34(30)45(39(27)36)37-11-5-8-28-31-20-24(21-41)13-16-33(31)44(35)40(28)37/h1,3-20H. The van der Waals surface area contributed by atoms with Crippen molar-refractivity contribution in [1.29, 1.82) is 10.5 Å². The largest absolute Gasteiger partial charge is 0.305 e. The minimum atomic E-state index is 0.622. The van der Waals surface area contributed by atoms with Gasteiger partial charge in [0.05, 0.1) is 72.9 Å². The number of hydrogen-bond acceptors (Lipinski definition) is 2. The van der Waals surface area contributed by atoms with Gasteiger partial charge in [0.15, 0.2) is 0 Å². The molecule has 0 saturated carbocycles. The highest BCUT2D eigenvalue weighted by Crippen LogP contribution is 2.41. The number of fused-ring (bicyclic) bond motifs is 12. The Morgan fingerprint density at radius 1 is 0.400 bits per heavy atom. The molecule has 0 atom stereocenters. The van der Waals surface area contributed by atoms with E-state index in [0.29, 0.717) is 11.1 Å². The molecule has 10 aromatic rings. The zero-order valence-electron chi connectivity index (χ0n) is 23.7. The third kappa shape index (κ3) is 2.82. The fourth-order valence-corrected chi connectivity index (χ4v) is 7.67. The normalized spacial score (nSPS) is 11.9. The van der Waals surface area contributed by atoms with Crippen LogP contribution in [0.3, 0.4) is 0 Å². The van der Waals surface area contributed by atoms with Crippen molar-refractivity contribution < 1.29 is 0 Å². The van der Waals surface area contributed by atoms with E-state index in [9.17, 15) is 10.5 Å². The molecule has 4 aromatic heterocycles. The molecule has 10 rings (SSSR count). The van der Waals surface area contributed by atoms with Gasteiger partial charge in [-0.25, -0.2) is 0 Å². The molecule has 0 saturated heterocycles. The fourth-order valence-electron chi connectivity index (χ4n) is 7.67. The lowest BCUT2D eigenvalue weighted by atomic mass is 10.1. The second-order valence-corrected chi connectivity index (χ2v) is 11.6. The summed E-state index contributed by atoms with van der Waals surface area (Å²) in [4.78, 5) is 0. The summed E-state index contributed by atoms with van der Waals surface area (Å²) in [6.07, 6.45) is 5.90. The lowest BCUT2D eigenvalue weighted by Gasteiger charge is -2.05. The molecule has 0 bridgehead atoms. The van der Waals surface area contributed by atoms with E-state index in [1.165, 1.54) is 0 Å². The summed E-state index contributed by atoms with van der Waals surface area (Å²) in [5.74, 6) is 2.83. The lowest BCUT2D eigenvalue weighted by molar-refractivity contribution is 1.31. The van der Waals surface area contributed by atoms with Gasteiger partial charge in [-0.1, -0.05) is 42.3 Å². The lowest BCUT2D eigenvalue weighted by Crippen LogP contribution is -1.90. The van der Waals surface area contributed by atoms with Crippen LogP contribution in [0, 0.1) is 35.0 Å². The molecule has 0 spiro atoms. The van der Waals surface area contributed by atoms with Gasteiger partial charge in [-0.05, 0) is 72.8 Å². The molecule has 0 fully saturated rings. The van der Waals surface area contributed by atoms with Gasteiger partial charge in [-0.15, -0.1) is 6.42 Å². The summed E-state index contributed by atoms with van der Waals surface area (Å²) in [6, 6.07) is 42.2. The zero-order valence-corrected chi connectivity index (χ0v) is 23.7. The van der Waals surface area contributed by atoms with Crippen LogP contribution in [0.25, 0.3) is 82.0 Å². The molecule has 0 amide bonds. The molecule has 6 aromatic carbocycles. The minimum Gasteiger partial charge on any atom is -0.305 e. The first-order chi connectivity index (χ1) is 22.2. The number of aromatic nitrogens is 3. The Hall–Kier alpha value is -6.74. The minimum absolute atomic E-state index is 0.622. The maximum Gasteiger partial charge on any atom is 0.0991 e. The van der Waals surface area contributed by atoms with Crippen molar-refractivity contribution in [2.45, 2.75) is 0 Å². The smallest absolute Gasteiger partial charge is 0.0991 e. The third-order valence-electron chi connectivity index (χ3n) is 9.45. The average molecular weight is 570 g/mol. The van der Waals surface area contributed by atoms with Gasteiger partial charge in [0.1, 0.15) is 0 Å². The Bertz CT molecular complexity index is 2790. The summed E-state index contributed by atoms with van der Waals surface area (Å²) in [6.45, 7) is 0. The van der Waals surface area contributed by atoms with E-state index in [1.807, 2.05) is 30.3 Å². The number of nitriles is 2. The third-order valence-corrected chi connectivity index (χ3v) is 9.45. The molecule has 0 radical (unpaired) electrons. The summed E-state index contributed by atoms with van der Waals surface area (Å²) < 4.78 is 7.08. The van der Waals surface area contributed by atoms with Crippen LogP contribution in [0.5, 0.6) is 0 Å². The van der Waals surface area contributed by atoms with Crippen LogP contribution in [-0.4, -0.2) is 13.2 Å². The van der Waals surface area contributed by atoms with Gasteiger partial charge in [0, 0.05) is 37.9 Å². The van der Waals surface area contributed by atoms with Gasteiger partial charge in [0.25, 0.3) is 0 Å². The first-order valence-electron chi connectivity index (χ1n) is 14.7. The Kier molecular flexibility index (Phi) is 4.34. The van der Waals surface area contributed by atoms with E-state index in [4.69, 9.17) is 6.42 Å². The Morgan fingerprint density at radius 3 is 1.11 bits per heavy atom. The SMILES string of the molecule is C#Cc1ccc2c(c1)c1cccc3c1n2c1cccc2c4cc(C#N)ccc4n(c4cccc5c6cc(C#N)ccc6n3c54)c21. The molecular weight excluding hydrogens is 550 g/mol. The summed E-state index contributed by atoms with van der Waals surface area (Å²) in [5, 5.41) is 26.1. The first-order valence-corrected chi connectivity index (χ1v) is 14.7. The van der Waals surface area contributed by atoms with E-state index in [2.05, 4.69) is 110 Å². The summed E-state index contributed by atoms with van der Waals surface area (Å²) >= 11 is 0. The number of terminal acetylenes is 1.